The summed E-state index contributed by atoms with van der Waals surface area (Å²) in [5, 5.41) is 2.46. The molecule has 2 aromatic rings. The molecular formula is C13H12FN3O2. The number of nitrogens with zero attached hydrogens (tertiary/aromatic N) is 1. The third-order valence-electron chi connectivity index (χ3n) is 2.40. The van der Waals surface area contributed by atoms with E-state index in [4.69, 9.17) is 10.5 Å². The maximum absolute atomic E-state index is 13.2. The molecular weight excluding hydrogens is 249 g/mol. The first-order chi connectivity index (χ1) is 9.10. The molecule has 1 heterocycles. The average molecular weight is 261 g/mol. The van der Waals surface area contributed by atoms with Crippen LogP contribution >= 0.6 is 0 Å². The number of rotatable bonds is 3. The molecule has 0 bridgehead atoms. The highest BCUT2D eigenvalue weighted by atomic mass is 19.1. The number of nitrogens with two attached hydrogens (primary N) is 1. The Kier molecular flexibility index (Phi) is 3.61. The zero-order valence-corrected chi connectivity index (χ0v) is 10.2. The van der Waals surface area contributed by atoms with Crippen LogP contribution in [0.5, 0.6) is 11.5 Å². The van der Waals surface area contributed by atoms with Crippen LogP contribution in [0.2, 0.25) is 0 Å². The van der Waals surface area contributed by atoms with Crippen molar-refractivity contribution in [2.24, 2.45) is 0 Å². The third kappa shape index (κ3) is 2.98. The van der Waals surface area contributed by atoms with Gasteiger partial charge < -0.3 is 15.8 Å². The van der Waals surface area contributed by atoms with Crippen LogP contribution < -0.4 is 15.8 Å². The molecule has 19 heavy (non-hydrogen) atoms. The highest BCUT2D eigenvalue weighted by molar-refractivity contribution is 5.91. The highest BCUT2D eigenvalue weighted by Gasteiger charge is 2.06. The van der Waals surface area contributed by atoms with Crippen molar-refractivity contribution in [3.8, 4) is 11.5 Å². The van der Waals surface area contributed by atoms with Crippen LogP contribution in [-0.2, 0) is 0 Å². The molecule has 1 amide bonds. The van der Waals surface area contributed by atoms with E-state index >= 15 is 0 Å². The number of pyridine rings is 1. The van der Waals surface area contributed by atoms with Gasteiger partial charge in [-0.3, -0.25) is 4.79 Å². The van der Waals surface area contributed by atoms with Gasteiger partial charge in [-0.1, -0.05) is 0 Å². The van der Waals surface area contributed by atoms with Crippen molar-refractivity contribution in [2.75, 3.05) is 12.8 Å². The number of halogens is 1. The first-order valence-electron chi connectivity index (χ1n) is 5.51. The Labute approximate surface area is 109 Å². The number of carbonyl (C=O) groups excluding carboxylic acids is 1. The zero-order chi connectivity index (χ0) is 13.8. The van der Waals surface area contributed by atoms with Crippen LogP contribution in [0, 0.1) is 5.82 Å². The second kappa shape index (κ2) is 5.34. The molecule has 0 fully saturated rings. The summed E-state index contributed by atoms with van der Waals surface area (Å²) >= 11 is 0. The molecule has 0 aliphatic heterocycles. The Morgan fingerprint density at radius 1 is 1.32 bits per heavy atom. The normalized spacial score (nSPS) is 10.0. The lowest BCUT2D eigenvalue weighted by Gasteiger charge is -2.06. The van der Waals surface area contributed by atoms with E-state index in [0.717, 1.165) is 0 Å². The topological polar surface area (TPSA) is 77.2 Å². The number of ether oxygens (including phenoxy) is 1. The molecule has 0 spiro atoms. The average Bonchev–Trinajstić information content (AvgIpc) is 2.43. The number of nitrogen functional groups attached to an aromatic ring is 1. The zero-order valence-electron chi connectivity index (χ0n) is 10.2. The fourth-order valence-electron chi connectivity index (χ4n) is 1.41. The SMILES string of the molecule is CNC(=O)c1ccc(Oc2ccc(N)c(F)c2)cn1. The van der Waals surface area contributed by atoms with Gasteiger partial charge in [-0.25, -0.2) is 9.37 Å². The van der Waals surface area contributed by atoms with Crippen molar-refractivity contribution in [1.29, 1.82) is 0 Å². The molecule has 1 aromatic heterocycles. The van der Waals surface area contributed by atoms with Crippen LogP contribution in [0.3, 0.4) is 0 Å². The summed E-state index contributed by atoms with van der Waals surface area (Å²) in [6.07, 6.45) is 1.39. The maximum Gasteiger partial charge on any atom is 0.269 e. The molecule has 2 rings (SSSR count). The largest absolute Gasteiger partial charge is 0.456 e. The standard InChI is InChI=1S/C13H12FN3O2/c1-16-13(18)12-5-3-9(7-17-12)19-8-2-4-11(15)10(14)6-8/h2-7H,15H2,1H3,(H,16,18). The monoisotopic (exact) mass is 261 g/mol. The van der Waals surface area contributed by atoms with Gasteiger partial charge in [0.1, 0.15) is 23.0 Å². The lowest BCUT2D eigenvalue weighted by Crippen LogP contribution is -2.18. The number of hydrogen-bond acceptors (Lipinski definition) is 4. The molecule has 0 aliphatic carbocycles. The van der Waals surface area contributed by atoms with E-state index in [2.05, 4.69) is 10.3 Å². The van der Waals surface area contributed by atoms with E-state index in [0.29, 0.717) is 11.5 Å². The molecule has 0 aliphatic rings. The molecule has 0 saturated heterocycles. The van der Waals surface area contributed by atoms with E-state index in [1.54, 1.807) is 12.1 Å². The Balaban J connectivity index is 2.15. The fraction of sp³-hybridized carbons (Fsp3) is 0.0769. The molecule has 1 aromatic carbocycles. The summed E-state index contributed by atoms with van der Waals surface area (Å²) < 4.78 is 18.6. The Morgan fingerprint density at radius 2 is 2.05 bits per heavy atom. The summed E-state index contributed by atoms with van der Waals surface area (Å²) in [5.41, 5.74) is 5.70. The molecule has 0 saturated carbocycles. The van der Waals surface area contributed by atoms with Crippen molar-refractivity contribution in [1.82, 2.24) is 10.3 Å². The molecule has 3 N–H and O–H groups in total. The van der Waals surface area contributed by atoms with Crippen LogP contribution in [0.1, 0.15) is 10.5 Å². The Hall–Kier alpha value is -2.63. The molecule has 0 radical (unpaired) electrons. The van der Waals surface area contributed by atoms with E-state index < -0.39 is 5.82 Å². The number of anilines is 1. The summed E-state index contributed by atoms with van der Waals surface area (Å²) in [4.78, 5) is 15.2. The lowest BCUT2D eigenvalue weighted by atomic mass is 10.3. The van der Waals surface area contributed by atoms with Crippen molar-refractivity contribution in [3.05, 3.63) is 48.0 Å². The number of aromatic nitrogens is 1. The first kappa shape index (κ1) is 12.8. The van der Waals surface area contributed by atoms with Gasteiger partial charge in [0.2, 0.25) is 0 Å². The minimum Gasteiger partial charge on any atom is -0.456 e. The van der Waals surface area contributed by atoms with Gasteiger partial charge in [0, 0.05) is 13.1 Å². The van der Waals surface area contributed by atoms with Gasteiger partial charge >= 0.3 is 0 Å². The number of carbonyl (C=O) groups is 1. The summed E-state index contributed by atoms with van der Waals surface area (Å²) in [5.74, 6) is -0.129. The molecule has 6 heteroatoms. The summed E-state index contributed by atoms with van der Waals surface area (Å²) in [6.45, 7) is 0. The van der Waals surface area contributed by atoms with Crippen LogP contribution in [-0.4, -0.2) is 17.9 Å². The van der Waals surface area contributed by atoms with E-state index in [-0.39, 0.29) is 17.3 Å². The summed E-state index contributed by atoms with van der Waals surface area (Å²) in [6, 6.07) is 7.23. The molecule has 0 unspecified atom stereocenters. The van der Waals surface area contributed by atoms with E-state index in [1.807, 2.05) is 0 Å². The van der Waals surface area contributed by atoms with Gasteiger partial charge in [0.15, 0.2) is 0 Å². The number of benzene rings is 1. The predicted molar refractivity (Wildman–Crippen MR) is 68.5 cm³/mol. The van der Waals surface area contributed by atoms with Gasteiger partial charge in [0.25, 0.3) is 5.91 Å². The number of amides is 1. The first-order valence-corrected chi connectivity index (χ1v) is 5.51. The van der Waals surface area contributed by atoms with E-state index in [1.165, 1.54) is 31.4 Å². The van der Waals surface area contributed by atoms with Crippen molar-refractivity contribution >= 4 is 11.6 Å². The maximum atomic E-state index is 13.2. The highest BCUT2D eigenvalue weighted by Crippen LogP contribution is 2.23. The van der Waals surface area contributed by atoms with Crippen LogP contribution in [0.25, 0.3) is 0 Å². The molecule has 98 valence electrons. The van der Waals surface area contributed by atoms with E-state index in [9.17, 15) is 9.18 Å². The molecule has 0 atom stereocenters. The number of nitrogens with one attached hydrogen (secondary N) is 1. The van der Waals surface area contributed by atoms with Crippen molar-refractivity contribution in [3.63, 3.8) is 0 Å². The second-order valence-electron chi connectivity index (χ2n) is 3.74. The van der Waals surface area contributed by atoms with Gasteiger partial charge in [-0.15, -0.1) is 0 Å². The minimum absolute atomic E-state index is 0.0560. The minimum atomic E-state index is -0.549. The Bertz CT molecular complexity index is 599. The van der Waals surface area contributed by atoms with Crippen LogP contribution in [0.15, 0.2) is 36.5 Å². The van der Waals surface area contributed by atoms with Crippen LogP contribution in [0.4, 0.5) is 10.1 Å². The number of hydrogen-bond donors (Lipinski definition) is 2. The van der Waals surface area contributed by atoms with Crippen molar-refractivity contribution < 1.29 is 13.9 Å². The third-order valence-corrected chi connectivity index (χ3v) is 2.40. The lowest BCUT2D eigenvalue weighted by molar-refractivity contribution is 0.0958. The fourth-order valence-corrected chi connectivity index (χ4v) is 1.41. The van der Waals surface area contributed by atoms with Gasteiger partial charge in [-0.2, -0.15) is 0 Å². The quantitative estimate of drug-likeness (QED) is 0.828. The predicted octanol–water partition coefficient (Wildman–Crippen LogP) is 1.95. The van der Waals surface area contributed by atoms with Gasteiger partial charge in [0.05, 0.1) is 11.9 Å². The second-order valence-corrected chi connectivity index (χ2v) is 3.74. The summed E-state index contributed by atoms with van der Waals surface area (Å²) in [7, 11) is 1.52. The van der Waals surface area contributed by atoms with Crippen molar-refractivity contribution in [2.45, 2.75) is 0 Å². The smallest absolute Gasteiger partial charge is 0.269 e. The molecule has 5 nitrogen and oxygen atoms in total. The Morgan fingerprint density at radius 3 is 2.63 bits per heavy atom. The van der Waals surface area contributed by atoms with Gasteiger partial charge in [-0.05, 0) is 24.3 Å².